The van der Waals surface area contributed by atoms with Gasteiger partial charge in [0.15, 0.2) is 5.75 Å². The van der Waals surface area contributed by atoms with Gasteiger partial charge in [-0.3, -0.25) is 4.98 Å². The number of ether oxygens (including phenoxy) is 1. The molecule has 0 radical (unpaired) electrons. The van der Waals surface area contributed by atoms with Crippen molar-refractivity contribution >= 4 is 27.3 Å². The number of rotatable bonds is 4. The fourth-order valence-corrected chi connectivity index (χ4v) is 2.37. The summed E-state index contributed by atoms with van der Waals surface area (Å²) < 4.78 is 31.2. The minimum atomic E-state index is -3.57. The van der Waals surface area contributed by atoms with Crippen LogP contribution in [-0.2, 0) is 10.0 Å². The van der Waals surface area contributed by atoms with E-state index in [0.29, 0.717) is 16.5 Å². The molecule has 0 aliphatic rings. The van der Waals surface area contributed by atoms with Crippen LogP contribution in [0.1, 0.15) is 0 Å². The van der Waals surface area contributed by atoms with E-state index in [0.717, 1.165) is 0 Å². The van der Waals surface area contributed by atoms with Crippen molar-refractivity contribution in [3.63, 3.8) is 0 Å². The quantitative estimate of drug-likeness (QED) is 0.842. The normalized spacial score (nSPS) is 11.3. The fraction of sp³-hybridized carbons (Fsp3) is 0.0833. The second kappa shape index (κ2) is 5.66. The van der Waals surface area contributed by atoms with Crippen molar-refractivity contribution in [3.05, 3.63) is 41.7 Å². The summed E-state index contributed by atoms with van der Waals surface area (Å²) in [4.78, 5) is 3.92. The van der Waals surface area contributed by atoms with E-state index >= 15 is 0 Å². The number of nitrogen functional groups attached to an aromatic ring is 1. The van der Waals surface area contributed by atoms with Crippen LogP contribution >= 0.6 is 11.6 Å². The van der Waals surface area contributed by atoms with Gasteiger partial charge in [0.25, 0.3) is 0 Å². The van der Waals surface area contributed by atoms with Gasteiger partial charge in [-0.25, -0.2) is 13.1 Å². The topological polar surface area (TPSA) is 94.3 Å². The number of nitrogens with two attached hydrogens (primary N) is 1. The van der Waals surface area contributed by atoms with Gasteiger partial charge in [0, 0.05) is 18.3 Å². The van der Waals surface area contributed by atoms with Crippen LogP contribution in [0.3, 0.4) is 0 Å². The molecule has 1 heterocycles. The Hall–Kier alpha value is -1.83. The van der Waals surface area contributed by atoms with E-state index in [1.54, 1.807) is 6.07 Å². The predicted octanol–water partition coefficient (Wildman–Crippen LogP) is 2.02. The molecule has 0 bridgehead atoms. The van der Waals surface area contributed by atoms with E-state index in [4.69, 9.17) is 22.1 Å². The van der Waals surface area contributed by atoms with Crippen molar-refractivity contribution in [3.8, 4) is 11.5 Å². The minimum Gasteiger partial charge on any atom is -0.453 e. The Morgan fingerprint density at radius 2 is 2.05 bits per heavy atom. The molecular formula is C12H12ClN3O3S. The van der Waals surface area contributed by atoms with Crippen LogP contribution in [0.4, 0.5) is 5.69 Å². The molecule has 0 unspecified atom stereocenters. The van der Waals surface area contributed by atoms with Crippen molar-refractivity contribution < 1.29 is 13.2 Å². The average molecular weight is 314 g/mol. The summed E-state index contributed by atoms with van der Waals surface area (Å²) in [5.74, 6) is 0.577. The van der Waals surface area contributed by atoms with Crippen molar-refractivity contribution in [1.29, 1.82) is 0 Å². The van der Waals surface area contributed by atoms with E-state index in [1.165, 1.54) is 37.6 Å². The first-order valence-corrected chi connectivity index (χ1v) is 7.40. The zero-order chi connectivity index (χ0) is 14.8. The molecule has 1 aromatic carbocycles. The monoisotopic (exact) mass is 313 g/mol. The van der Waals surface area contributed by atoms with Gasteiger partial charge in [0.2, 0.25) is 10.0 Å². The van der Waals surface area contributed by atoms with Gasteiger partial charge < -0.3 is 10.5 Å². The van der Waals surface area contributed by atoms with Crippen LogP contribution in [0.25, 0.3) is 0 Å². The van der Waals surface area contributed by atoms with E-state index in [-0.39, 0.29) is 10.6 Å². The van der Waals surface area contributed by atoms with E-state index in [9.17, 15) is 8.42 Å². The molecule has 0 spiro atoms. The molecule has 0 fully saturated rings. The summed E-state index contributed by atoms with van der Waals surface area (Å²) >= 11 is 5.80. The highest BCUT2D eigenvalue weighted by Crippen LogP contribution is 2.30. The second-order valence-electron chi connectivity index (χ2n) is 3.85. The zero-order valence-corrected chi connectivity index (χ0v) is 12.1. The van der Waals surface area contributed by atoms with Gasteiger partial charge in [-0.05, 0) is 19.2 Å². The fourth-order valence-electron chi connectivity index (χ4n) is 1.46. The molecule has 0 saturated carbocycles. The number of anilines is 1. The number of benzene rings is 1. The Morgan fingerprint density at radius 3 is 2.70 bits per heavy atom. The molecule has 8 heteroatoms. The standard InChI is InChI=1S/C12H12ClN3O3S/c1-15-20(17,18)10-2-3-11(14)12(5-10)19-9-4-8(13)6-16-7-9/h2-7,15H,14H2,1H3. The third-order valence-corrected chi connectivity index (χ3v) is 4.09. The van der Waals surface area contributed by atoms with E-state index in [1.807, 2.05) is 0 Å². The lowest BCUT2D eigenvalue weighted by Gasteiger charge is -2.10. The lowest BCUT2D eigenvalue weighted by atomic mass is 10.3. The van der Waals surface area contributed by atoms with Crippen LogP contribution in [-0.4, -0.2) is 20.4 Å². The summed E-state index contributed by atoms with van der Waals surface area (Å²) in [5.41, 5.74) is 6.07. The van der Waals surface area contributed by atoms with Crippen molar-refractivity contribution in [2.75, 3.05) is 12.8 Å². The highest BCUT2D eigenvalue weighted by Gasteiger charge is 2.14. The second-order valence-corrected chi connectivity index (χ2v) is 6.17. The predicted molar refractivity (Wildman–Crippen MR) is 76.4 cm³/mol. The highest BCUT2D eigenvalue weighted by atomic mass is 35.5. The number of sulfonamides is 1. The van der Waals surface area contributed by atoms with Crippen LogP contribution in [0.2, 0.25) is 5.02 Å². The molecule has 2 rings (SSSR count). The molecular weight excluding hydrogens is 302 g/mol. The molecule has 0 aliphatic carbocycles. The van der Waals surface area contributed by atoms with Crippen LogP contribution in [0.15, 0.2) is 41.6 Å². The minimum absolute atomic E-state index is 0.0548. The largest absolute Gasteiger partial charge is 0.453 e. The summed E-state index contributed by atoms with van der Waals surface area (Å²) in [6, 6.07) is 5.73. The maximum atomic E-state index is 11.7. The zero-order valence-electron chi connectivity index (χ0n) is 10.5. The number of aromatic nitrogens is 1. The number of hydrogen-bond donors (Lipinski definition) is 2. The Morgan fingerprint density at radius 1 is 1.30 bits per heavy atom. The maximum Gasteiger partial charge on any atom is 0.240 e. The van der Waals surface area contributed by atoms with Crippen molar-refractivity contribution in [1.82, 2.24) is 9.71 Å². The van der Waals surface area contributed by atoms with Gasteiger partial charge in [0.05, 0.1) is 21.8 Å². The first-order chi connectivity index (χ1) is 9.42. The number of nitrogens with one attached hydrogen (secondary N) is 1. The summed E-state index contributed by atoms with van der Waals surface area (Å²) in [7, 11) is -2.24. The molecule has 0 aliphatic heterocycles. The van der Waals surface area contributed by atoms with Crippen LogP contribution in [0.5, 0.6) is 11.5 Å². The van der Waals surface area contributed by atoms with Gasteiger partial charge in [-0.1, -0.05) is 11.6 Å². The first-order valence-electron chi connectivity index (χ1n) is 5.54. The maximum absolute atomic E-state index is 11.7. The summed E-state index contributed by atoms with van der Waals surface area (Å²) in [5, 5.41) is 0.403. The SMILES string of the molecule is CNS(=O)(=O)c1ccc(N)c(Oc2cncc(Cl)c2)c1. The summed E-state index contributed by atoms with van der Waals surface area (Å²) in [6.07, 6.45) is 2.91. The number of hydrogen-bond acceptors (Lipinski definition) is 5. The Balaban J connectivity index is 2.39. The Labute approximate surface area is 121 Å². The molecule has 0 saturated heterocycles. The molecule has 20 heavy (non-hydrogen) atoms. The number of nitrogens with zero attached hydrogens (tertiary/aromatic N) is 1. The third-order valence-electron chi connectivity index (χ3n) is 2.47. The van der Waals surface area contributed by atoms with Gasteiger partial charge >= 0.3 is 0 Å². The Kier molecular flexibility index (Phi) is 4.12. The number of halogens is 1. The third kappa shape index (κ3) is 3.19. The highest BCUT2D eigenvalue weighted by molar-refractivity contribution is 7.89. The van der Waals surface area contributed by atoms with Crippen LogP contribution in [0, 0.1) is 0 Å². The smallest absolute Gasteiger partial charge is 0.240 e. The average Bonchev–Trinajstić information content (AvgIpc) is 2.41. The van der Waals surface area contributed by atoms with Crippen LogP contribution < -0.4 is 15.2 Å². The Bertz CT molecular complexity index is 734. The molecule has 3 N–H and O–H groups in total. The molecule has 1 aromatic heterocycles. The molecule has 0 amide bonds. The van der Waals surface area contributed by atoms with Gasteiger partial charge in [-0.2, -0.15) is 0 Å². The molecule has 6 nitrogen and oxygen atoms in total. The van der Waals surface area contributed by atoms with Gasteiger partial charge in [-0.15, -0.1) is 0 Å². The van der Waals surface area contributed by atoms with E-state index < -0.39 is 10.0 Å². The van der Waals surface area contributed by atoms with Gasteiger partial charge in [0.1, 0.15) is 5.75 Å². The lowest BCUT2D eigenvalue weighted by molar-refractivity contribution is 0.480. The van der Waals surface area contributed by atoms with E-state index in [2.05, 4.69) is 9.71 Å². The number of pyridine rings is 1. The van der Waals surface area contributed by atoms with Crippen molar-refractivity contribution in [2.24, 2.45) is 0 Å². The lowest BCUT2D eigenvalue weighted by Crippen LogP contribution is -2.18. The van der Waals surface area contributed by atoms with Crippen molar-refractivity contribution in [2.45, 2.75) is 4.90 Å². The first kappa shape index (κ1) is 14.6. The molecule has 0 atom stereocenters. The molecule has 2 aromatic rings. The summed E-state index contributed by atoms with van der Waals surface area (Å²) in [6.45, 7) is 0. The molecule has 106 valence electrons.